The molecule has 1 atom stereocenters. The molecule has 1 heterocycles. The normalized spacial score (nSPS) is 21.6. The predicted molar refractivity (Wildman–Crippen MR) is 93.5 cm³/mol. The number of hydrogen-bond acceptors (Lipinski definition) is 4. The summed E-state index contributed by atoms with van der Waals surface area (Å²) in [5.41, 5.74) is 7.60. The van der Waals surface area contributed by atoms with Crippen LogP contribution in [0.2, 0.25) is 0 Å². The fourth-order valence-corrected chi connectivity index (χ4v) is 3.70. The summed E-state index contributed by atoms with van der Waals surface area (Å²) < 4.78 is 12.1. The van der Waals surface area contributed by atoms with Crippen molar-refractivity contribution in [3.63, 3.8) is 0 Å². The first kappa shape index (κ1) is 17.6. The molecule has 2 N–H and O–H groups in total. The molecule has 5 heteroatoms. The van der Waals surface area contributed by atoms with Crippen LogP contribution in [0.25, 0.3) is 0 Å². The Labute approximate surface area is 142 Å². The summed E-state index contributed by atoms with van der Waals surface area (Å²) in [6.07, 6.45) is 1.04. The Balaban J connectivity index is 2.16. The van der Waals surface area contributed by atoms with Crippen LogP contribution in [0.5, 0.6) is 11.5 Å². The van der Waals surface area contributed by atoms with Crippen molar-refractivity contribution in [3.8, 4) is 11.5 Å². The fourth-order valence-electron chi connectivity index (χ4n) is 3.05. The largest absolute Gasteiger partial charge is 0.492 e. The van der Waals surface area contributed by atoms with Gasteiger partial charge in [0.15, 0.2) is 11.5 Å². The maximum absolute atomic E-state index is 6.22. The lowest BCUT2D eigenvalue weighted by molar-refractivity contribution is 0.0898. The van der Waals surface area contributed by atoms with Gasteiger partial charge in [-0.25, -0.2) is 0 Å². The van der Waals surface area contributed by atoms with E-state index >= 15 is 0 Å². The third-order valence-electron chi connectivity index (χ3n) is 4.37. The number of methoxy groups -OCH3 is 1. The number of nitrogens with two attached hydrogens (primary N) is 1. The molecule has 1 fully saturated rings. The second-order valence-electron chi connectivity index (χ2n) is 6.64. The zero-order valence-electron chi connectivity index (χ0n) is 14.0. The average molecular weight is 371 g/mol. The van der Waals surface area contributed by atoms with Crippen molar-refractivity contribution in [1.29, 1.82) is 0 Å². The fraction of sp³-hybridized carbons (Fsp3) is 0.647. The maximum atomic E-state index is 6.22. The molecular weight excluding hydrogens is 344 g/mol. The minimum atomic E-state index is 0.157. The molecule has 0 aromatic heterocycles. The number of benzene rings is 1. The molecule has 124 valence electrons. The van der Waals surface area contributed by atoms with Gasteiger partial charge in [0.25, 0.3) is 0 Å². The molecule has 0 aliphatic carbocycles. The summed E-state index contributed by atoms with van der Waals surface area (Å²) in [5.74, 6) is 1.55. The van der Waals surface area contributed by atoms with Crippen molar-refractivity contribution in [1.82, 2.24) is 4.90 Å². The minimum absolute atomic E-state index is 0.157. The van der Waals surface area contributed by atoms with Gasteiger partial charge in [-0.3, -0.25) is 4.90 Å². The Kier molecular flexibility index (Phi) is 5.75. The van der Waals surface area contributed by atoms with Gasteiger partial charge in [-0.15, -0.1) is 0 Å². The molecular formula is C17H27BrN2O2. The van der Waals surface area contributed by atoms with Gasteiger partial charge < -0.3 is 15.2 Å². The van der Waals surface area contributed by atoms with E-state index in [2.05, 4.69) is 46.8 Å². The molecule has 1 aliphatic rings. The minimum Gasteiger partial charge on any atom is -0.492 e. The van der Waals surface area contributed by atoms with E-state index in [1.54, 1.807) is 7.11 Å². The number of rotatable bonds is 5. The van der Waals surface area contributed by atoms with E-state index in [0.29, 0.717) is 6.61 Å². The summed E-state index contributed by atoms with van der Waals surface area (Å²) in [5, 5.41) is 0. The van der Waals surface area contributed by atoms with Crippen LogP contribution in [0.1, 0.15) is 32.8 Å². The van der Waals surface area contributed by atoms with Gasteiger partial charge in [0.05, 0.1) is 18.2 Å². The average Bonchev–Trinajstić information content (AvgIpc) is 2.43. The van der Waals surface area contributed by atoms with Crippen molar-refractivity contribution in [3.05, 3.63) is 22.2 Å². The van der Waals surface area contributed by atoms with Crippen LogP contribution < -0.4 is 15.2 Å². The first-order valence-electron chi connectivity index (χ1n) is 7.84. The molecule has 0 radical (unpaired) electrons. The quantitative estimate of drug-likeness (QED) is 0.862. The molecule has 1 saturated heterocycles. The molecule has 1 aliphatic heterocycles. The third-order valence-corrected chi connectivity index (χ3v) is 4.96. The topological polar surface area (TPSA) is 47.7 Å². The molecule has 22 heavy (non-hydrogen) atoms. The second kappa shape index (κ2) is 7.20. The van der Waals surface area contributed by atoms with E-state index in [0.717, 1.165) is 42.0 Å². The smallest absolute Gasteiger partial charge is 0.174 e. The zero-order valence-corrected chi connectivity index (χ0v) is 15.6. The van der Waals surface area contributed by atoms with E-state index in [1.165, 1.54) is 5.56 Å². The summed E-state index contributed by atoms with van der Waals surface area (Å²) in [4.78, 5) is 2.47. The van der Waals surface area contributed by atoms with Crippen molar-refractivity contribution in [2.45, 2.75) is 39.8 Å². The Morgan fingerprint density at radius 2 is 2.14 bits per heavy atom. The summed E-state index contributed by atoms with van der Waals surface area (Å²) in [7, 11) is 1.66. The predicted octanol–water partition coefficient (Wildman–Crippen LogP) is 3.42. The standard InChI is InChI=1S/C17H27BrN2O2/c1-5-22-14-9-12(8-13(18)16(14)21-4)10-20-7-6-15(19)17(2,3)11-20/h8-9,15H,5-7,10-11,19H2,1-4H3. The van der Waals surface area contributed by atoms with Crippen molar-refractivity contribution in [2.24, 2.45) is 11.1 Å². The van der Waals surface area contributed by atoms with E-state index in [4.69, 9.17) is 15.2 Å². The number of likely N-dealkylation sites (tertiary alicyclic amines) is 1. The molecule has 0 bridgehead atoms. The Morgan fingerprint density at radius 3 is 2.73 bits per heavy atom. The van der Waals surface area contributed by atoms with Crippen LogP contribution in [0.4, 0.5) is 0 Å². The highest BCUT2D eigenvalue weighted by Gasteiger charge is 2.33. The van der Waals surface area contributed by atoms with Crippen LogP contribution in [0, 0.1) is 5.41 Å². The van der Waals surface area contributed by atoms with Gasteiger partial charge >= 0.3 is 0 Å². The highest BCUT2D eigenvalue weighted by atomic mass is 79.9. The number of halogens is 1. The summed E-state index contributed by atoms with van der Waals surface area (Å²) in [6, 6.07) is 4.47. The molecule has 0 saturated carbocycles. The lowest BCUT2D eigenvalue weighted by atomic mass is 9.79. The molecule has 1 aromatic rings. The Hall–Kier alpha value is -0.780. The molecule has 0 spiro atoms. The number of piperidine rings is 1. The van der Waals surface area contributed by atoms with Crippen LogP contribution in [0.15, 0.2) is 16.6 Å². The van der Waals surface area contributed by atoms with Gasteiger partial charge in [-0.2, -0.15) is 0 Å². The van der Waals surface area contributed by atoms with Crippen LogP contribution >= 0.6 is 15.9 Å². The first-order chi connectivity index (χ1) is 10.4. The second-order valence-corrected chi connectivity index (χ2v) is 7.49. The van der Waals surface area contributed by atoms with Gasteiger partial charge in [0, 0.05) is 25.7 Å². The molecule has 2 rings (SSSR count). The van der Waals surface area contributed by atoms with Gasteiger partial charge in [0.1, 0.15) is 0 Å². The van der Waals surface area contributed by atoms with Gasteiger partial charge in [-0.05, 0) is 52.4 Å². The lowest BCUT2D eigenvalue weighted by Crippen LogP contribution is -2.52. The maximum Gasteiger partial charge on any atom is 0.174 e. The zero-order chi connectivity index (χ0) is 16.3. The van der Waals surface area contributed by atoms with E-state index in [-0.39, 0.29) is 11.5 Å². The van der Waals surface area contributed by atoms with Crippen molar-refractivity contribution >= 4 is 15.9 Å². The van der Waals surface area contributed by atoms with Crippen molar-refractivity contribution in [2.75, 3.05) is 26.8 Å². The van der Waals surface area contributed by atoms with Crippen LogP contribution in [-0.4, -0.2) is 37.7 Å². The molecule has 4 nitrogen and oxygen atoms in total. The number of nitrogens with zero attached hydrogens (tertiary/aromatic N) is 1. The van der Waals surface area contributed by atoms with Crippen LogP contribution in [0.3, 0.4) is 0 Å². The van der Waals surface area contributed by atoms with Gasteiger partial charge in [0.2, 0.25) is 0 Å². The van der Waals surface area contributed by atoms with E-state index in [9.17, 15) is 0 Å². The molecule has 0 amide bonds. The summed E-state index contributed by atoms with van der Waals surface area (Å²) >= 11 is 3.58. The molecule has 1 unspecified atom stereocenters. The van der Waals surface area contributed by atoms with Crippen LogP contribution in [-0.2, 0) is 6.54 Å². The third kappa shape index (κ3) is 3.94. The SMILES string of the molecule is CCOc1cc(CN2CCC(N)C(C)(C)C2)cc(Br)c1OC. The van der Waals surface area contributed by atoms with Gasteiger partial charge in [-0.1, -0.05) is 13.8 Å². The number of hydrogen-bond donors (Lipinski definition) is 1. The Morgan fingerprint density at radius 1 is 1.41 bits per heavy atom. The highest BCUT2D eigenvalue weighted by Crippen LogP contribution is 2.37. The van der Waals surface area contributed by atoms with Crippen molar-refractivity contribution < 1.29 is 9.47 Å². The number of ether oxygens (including phenoxy) is 2. The highest BCUT2D eigenvalue weighted by molar-refractivity contribution is 9.10. The lowest BCUT2D eigenvalue weighted by Gasteiger charge is -2.42. The summed E-state index contributed by atoms with van der Waals surface area (Å²) in [6.45, 7) is 10.1. The monoisotopic (exact) mass is 370 g/mol. The molecule has 1 aromatic carbocycles. The van der Waals surface area contributed by atoms with E-state index < -0.39 is 0 Å². The Bertz CT molecular complexity index is 520. The first-order valence-corrected chi connectivity index (χ1v) is 8.64. The van der Waals surface area contributed by atoms with E-state index in [1.807, 2.05) is 6.92 Å².